The maximum Gasteiger partial charge on any atom is 0.152 e. The van der Waals surface area contributed by atoms with Crippen LogP contribution in [0.2, 0.25) is 0 Å². The number of nitrogens with zero attached hydrogens (tertiary/aromatic N) is 1. The Morgan fingerprint density at radius 1 is 0.913 bits per heavy atom. The molecule has 0 radical (unpaired) electrons. The summed E-state index contributed by atoms with van der Waals surface area (Å²) in [5, 5.41) is 8.77. The summed E-state index contributed by atoms with van der Waals surface area (Å²) in [6.45, 7) is -0.320. The second kappa shape index (κ2) is 6.56. The molecule has 0 bridgehead atoms. The second-order valence-corrected chi connectivity index (χ2v) is 7.89. The molecule has 3 rings (SSSR count). The average Bonchev–Trinajstić information content (AvgIpc) is 2.97. The van der Waals surface area contributed by atoms with Gasteiger partial charge in [0.25, 0.3) is 0 Å². The van der Waals surface area contributed by atoms with E-state index in [9.17, 15) is 8.42 Å². The predicted molar refractivity (Wildman–Crippen MR) is 92.3 cm³/mol. The lowest BCUT2D eigenvalue weighted by atomic mass is 10.1. The van der Waals surface area contributed by atoms with Gasteiger partial charge < -0.3 is 9.51 Å². The quantitative estimate of drug-likeness (QED) is 0.756. The third-order valence-corrected chi connectivity index (χ3v) is 5.49. The van der Waals surface area contributed by atoms with Crippen LogP contribution in [0.1, 0.15) is 5.56 Å². The number of rotatable bonds is 6. The van der Waals surface area contributed by atoms with Gasteiger partial charge in [-0.25, -0.2) is 8.42 Å². The molecule has 23 heavy (non-hydrogen) atoms. The molecule has 2 heterocycles. The zero-order valence-electron chi connectivity index (χ0n) is 12.7. The van der Waals surface area contributed by atoms with Crippen molar-refractivity contribution in [2.24, 2.45) is 0 Å². The molecule has 0 aliphatic rings. The molecule has 3 aromatic rings. The zero-order valence-corrected chi connectivity index (χ0v) is 13.5. The van der Waals surface area contributed by atoms with E-state index < -0.39 is 9.84 Å². The average molecular weight is 329 g/mol. The maximum atomic E-state index is 11.7. The van der Waals surface area contributed by atoms with Crippen LogP contribution < -0.4 is 0 Å². The topological polar surface area (TPSA) is 58.8 Å². The van der Waals surface area contributed by atoms with Gasteiger partial charge in [-0.1, -0.05) is 36.4 Å². The van der Waals surface area contributed by atoms with Crippen molar-refractivity contribution in [3.63, 3.8) is 0 Å². The van der Waals surface area contributed by atoms with Gasteiger partial charge in [0, 0.05) is 23.5 Å². The molecular weight excluding hydrogens is 310 g/mol. The fourth-order valence-electron chi connectivity index (χ4n) is 2.61. The van der Waals surface area contributed by atoms with Gasteiger partial charge in [0.1, 0.15) is 0 Å². The summed E-state index contributed by atoms with van der Waals surface area (Å²) < 4.78 is 25.4. The fourth-order valence-corrected chi connectivity index (χ4v) is 3.64. The van der Waals surface area contributed by atoms with Crippen LogP contribution in [-0.4, -0.2) is 36.0 Å². The van der Waals surface area contributed by atoms with E-state index in [1.165, 1.54) is 0 Å². The molecule has 0 saturated carbocycles. The number of benzene rings is 1. The number of aliphatic hydroxyl groups is 1. The molecule has 5 heteroatoms. The zero-order chi connectivity index (χ0) is 16.3. The molecular formula is C18H19NO3S. The third-order valence-electron chi connectivity index (χ3n) is 3.86. The van der Waals surface area contributed by atoms with Gasteiger partial charge in [-0.05, 0) is 29.7 Å². The van der Waals surface area contributed by atoms with Crippen molar-refractivity contribution in [2.75, 3.05) is 18.1 Å². The van der Waals surface area contributed by atoms with Gasteiger partial charge in [-0.2, -0.15) is 0 Å². The Hall–Kier alpha value is -2.11. The number of aryl methyl sites for hydroxylation is 1. The first-order valence-corrected chi connectivity index (χ1v) is 9.37. The summed E-state index contributed by atoms with van der Waals surface area (Å²) in [6, 6.07) is 16.2. The summed E-state index contributed by atoms with van der Waals surface area (Å²) in [4.78, 5) is 0. The van der Waals surface area contributed by atoms with Crippen LogP contribution in [0, 0.1) is 0 Å². The van der Waals surface area contributed by atoms with E-state index in [0.717, 1.165) is 22.2 Å². The minimum atomic E-state index is -3.18. The fraction of sp³-hybridized carbons (Fsp3) is 0.222. The SMILES string of the molecule is O=S(=O)(CCO)CCc1ccc2cc(-c3ccccc3)cn2c1. The number of hydrogen-bond donors (Lipinski definition) is 1. The number of aliphatic hydroxyl groups excluding tert-OH is 1. The van der Waals surface area contributed by atoms with Crippen LogP contribution in [0.5, 0.6) is 0 Å². The Morgan fingerprint density at radius 2 is 1.70 bits per heavy atom. The summed E-state index contributed by atoms with van der Waals surface area (Å²) in [5.74, 6) is -0.108. The molecule has 0 unspecified atom stereocenters. The molecule has 0 aliphatic carbocycles. The van der Waals surface area contributed by atoms with Crippen LogP contribution in [-0.2, 0) is 16.3 Å². The monoisotopic (exact) mass is 329 g/mol. The summed E-state index contributed by atoms with van der Waals surface area (Å²) in [6.07, 6.45) is 4.48. The highest BCUT2D eigenvalue weighted by atomic mass is 32.2. The normalized spacial score (nSPS) is 11.9. The van der Waals surface area contributed by atoms with E-state index in [2.05, 4.69) is 24.4 Å². The molecule has 4 nitrogen and oxygen atoms in total. The summed E-state index contributed by atoms with van der Waals surface area (Å²) >= 11 is 0. The molecule has 0 atom stereocenters. The molecule has 0 fully saturated rings. The highest BCUT2D eigenvalue weighted by molar-refractivity contribution is 7.91. The van der Waals surface area contributed by atoms with Crippen molar-refractivity contribution in [1.29, 1.82) is 0 Å². The first-order valence-electron chi connectivity index (χ1n) is 7.55. The first-order chi connectivity index (χ1) is 11.1. The smallest absolute Gasteiger partial charge is 0.152 e. The molecule has 0 saturated heterocycles. The van der Waals surface area contributed by atoms with Crippen molar-refractivity contribution in [3.05, 3.63) is 66.5 Å². The highest BCUT2D eigenvalue weighted by Crippen LogP contribution is 2.22. The Labute approximate surface area is 135 Å². The van der Waals surface area contributed by atoms with Crippen molar-refractivity contribution < 1.29 is 13.5 Å². The standard InChI is InChI=1S/C18H19NO3S/c20-9-11-23(21,22)10-8-15-6-7-18-12-17(14-19(18)13-15)16-4-2-1-3-5-16/h1-7,12-14,20H,8-11H2. The number of fused-ring (bicyclic) bond motifs is 1. The van der Waals surface area contributed by atoms with E-state index in [4.69, 9.17) is 5.11 Å². The number of pyridine rings is 1. The lowest BCUT2D eigenvalue weighted by Crippen LogP contribution is -2.15. The lowest BCUT2D eigenvalue weighted by molar-refractivity contribution is 0.319. The van der Waals surface area contributed by atoms with Crippen LogP contribution >= 0.6 is 0 Å². The van der Waals surface area contributed by atoms with Gasteiger partial charge in [-0.15, -0.1) is 0 Å². The minimum absolute atomic E-state index is 0.0614. The Bertz CT molecular complexity index is 898. The van der Waals surface area contributed by atoms with E-state index >= 15 is 0 Å². The minimum Gasteiger partial charge on any atom is -0.395 e. The van der Waals surface area contributed by atoms with E-state index in [-0.39, 0.29) is 18.1 Å². The molecule has 2 aromatic heterocycles. The number of hydrogen-bond acceptors (Lipinski definition) is 3. The van der Waals surface area contributed by atoms with E-state index in [1.54, 1.807) is 0 Å². The first kappa shape index (κ1) is 15.8. The summed E-state index contributed by atoms with van der Waals surface area (Å²) in [5.41, 5.74) is 4.33. The number of sulfone groups is 1. The third kappa shape index (κ3) is 3.81. The van der Waals surface area contributed by atoms with Crippen LogP contribution in [0.4, 0.5) is 0 Å². The van der Waals surface area contributed by atoms with Crippen molar-refractivity contribution in [3.8, 4) is 11.1 Å². The van der Waals surface area contributed by atoms with Crippen LogP contribution in [0.25, 0.3) is 16.6 Å². The molecule has 1 N–H and O–H groups in total. The molecule has 1 aromatic carbocycles. The predicted octanol–water partition coefficient (Wildman–Crippen LogP) is 2.56. The Morgan fingerprint density at radius 3 is 2.43 bits per heavy atom. The van der Waals surface area contributed by atoms with Crippen molar-refractivity contribution in [1.82, 2.24) is 4.40 Å². The van der Waals surface area contributed by atoms with Gasteiger partial charge in [-0.3, -0.25) is 0 Å². The van der Waals surface area contributed by atoms with Gasteiger partial charge >= 0.3 is 0 Å². The largest absolute Gasteiger partial charge is 0.395 e. The second-order valence-electron chi connectivity index (χ2n) is 5.59. The van der Waals surface area contributed by atoms with Crippen LogP contribution in [0.15, 0.2) is 60.9 Å². The van der Waals surface area contributed by atoms with Gasteiger partial charge in [0.15, 0.2) is 9.84 Å². The van der Waals surface area contributed by atoms with Crippen molar-refractivity contribution >= 4 is 15.4 Å². The highest BCUT2D eigenvalue weighted by Gasteiger charge is 2.10. The molecule has 0 aliphatic heterocycles. The van der Waals surface area contributed by atoms with Crippen molar-refractivity contribution in [2.45, 2.75) is 6.42 Å². The Balaban J connectivity index is 1.82. The van der Waals surface area contributed by atoms with Crippen LogP contribution in [0.3, 0.4) is 0 Å². The van der Waals surface area contributed by atoms with E-state index in [0.29, 0.717) is 6.42 Å². The van der Waals surface area contributed by atoms with Gasteiger partial charge in [0.05, 0.1) is 18.1 Å². The molecule has 120 valence electrons. The number of aromatic nitrogens is 1. The van der Waals surface area contributed by atoms with Gasteiger partial charge in [0.2, 0.25) is 0 Å². The maximum absolute atomic E-state index is 11.7. The Kier molecular flexibility index (Phi) is 4.50. The molecule has 0 spiro atoms. The lowest BCUT2D eigenvalue weighted by Gasteiger charge is -2.04. The van der Waals surface area contributed by atoms with E-state index in [1.807, 2.05) is 40.9 Å². The summed E-state index contributed by atoms with van der Waals surface area (Å²) in [7, 11) is -3.18. The molecule has 0 amide bonds.